The van der Waals surface area contributed by atoms with Crippen molar-refractivity contribution in [2.24, 2.45) is 17.2 Å². The Kier molecular flexibility index (Phi) is 4.08. The minimum Gasteiger partial charge on any atom is -0.271 e. The average Bonchev–Trinajstić information content (AvgIpc) is 2.32. The van der Waals surface area contributed by atoms with Gasteiger partial charge in [0, 0.05) is 6.04 Å². The van der Waals surface area contributed by atoms with E-state index in [1.807, 2.05) is 0 Å². The van der Waals surface area contributed by atoms with Crippen LogP contribution in [0.4, 0.5) is 0 Å². The summed E-state index contributed by atoms with van der Waals surface area (Å²) in [6.07, 6.45) is 5.27. The van der Waals surface area contributed by atoms with Crippen molar-refractivity contribution >= 4 is 0 Å². The van der Waals surface area contributed by atoms with Gasteiger partial charge >= 0.3 is 0 Å². The third-order valence-electron chi connectivity index (χ3n) is 4.57. The Morgan fingerprint density at radius 3 is 2.72 bits per heavy atom. The van der Waals surface area contributed by atoms with Crippen molar-refractivity contribution in [2.45, 2.75) is 52.5 Å². The second-order valence-corrected chi connectivity index (χ2v) is 6.40. The van der Waals surface area contributed by atoms with Gasteiger partial charge in [0.2, 0.25) is 0 Å². The van der Waals surface area contributed by atoms with E-state index in [2.05, 4.69) is 50.5 Å². The second-order valence-electron chi connectivity index (χ2n) is 6.40. The third-order valence-corrected chi connectivity index (χ3v) is 4.57. The molecule has 0 heterocycles. The molecular formula is C16H26N2. The molecule has 1 aliphatic rings. The molecule has 18 heavy (non-hydrogen) atoms. The summed E-state index contributed by atoms with van der Waals surface area (Å²) in [5.41, 5.74) is 6.08. The first-order valence-electron chi connectivity index (χ1n) is 7.07. The van der Waals surface area contributed by atoms with Crippen LogP contribution in [-0.4, -0.2) is 0 Å². The molecule has 100 valence electrons. The van der Waals surface area contributed by atoms with Crippen LogP contribution in [0.1, 0.15) is 56.7 Å². The fourth-order valence-electron chi connectivity index (χ4n) is 3.45. The van der Waals surface area contributed by atoms with Crippen LogP contribution in [0.25, 0.3) is 0 Å². The van der Waals surface area contributed by atoms with Crippen molar-refractivity contribution in [3.63, 3.8) is 0 Å². The molecule has 2 atom stereocenters. The van der Waals surface area contributed by atoms with E-state index in [9.17, 15) is 0 Å². The van der Waals surface area contributed by atoms with Crippen LogP contribution in [0.3, 0.4) is 0 Å². The third kappa shape index (κ3) is 2.76. The Bertz CT molecular complexity index is 398. The molecule has 0 saturated heterocycles. The lowest BCUT2D eigenvalue weighted by Crippen LogP contribution is -2.41. The first-order chi connectivity index (χ1) is 8.54. The molecule has 0 bridgehead atoms. The van der Waals surface area contributed by atoms with E-state index < -0.39 is 0 Å². The molecule has 0 amide bonds. The summed E-state index contributed by atoms with van der Waals surface area (Å²) < 4.78 is 0. The van der Waals surface area contributed by atoms with Gasteiger partial charge < -0.3 is 0 Å². The number of aryl methyl sites for hydroxylation is 1. The van der Waals surface area contributed by atoms with Gasteiger partial charge in [0.15, 0.2) is 0 Å². The number of hydrogen-bond donors (Lipinski definition) is 2. The maximum atomic E-state index is 5.86. The first-order valence-corrected chi connectivity index (χ1v) is 7.07. The van der Waals surface area contributed by atoms with Gasteiger partial charge in [-0.25, -0.2) is 0 Å². The van der Waals surface area contributed by atoms with Gasteiger partial charge in [-0.2, -0.15) is 0 Å². The van der Waals surface area contributed by atoms with Crippen molar-refractivity contribution in [3.05, 3.63) is 35.4 Å². The van der Waals surface area contributed by atoms with E-state index in [0.717, 1.165) is 0 Å². The summed E-state index contributed by atoms with van der Waals surface area (Å²) in [6, 6.07) is 9.01. The second kappa shape index (κ2) is 5.41. The topological polar surface area (TPSA) is 38.0 Å². The largest absolute Gasteiger partial charge is 0.271 e. The van der Waals surface area contributed by atoms with Gasteiger partial charge in [-0.05, 0) is 36.7 Å². The van der Waals surface area contributed by atoms with Crippen molar-refractivity contribution in [1.82, 2.24) is 5.43 Å². The van der Waals surface area contributed by atoms with Crippen molar-refractivity contribution < 1.29 is 0 Å². The predicted molar refractivity (Wildman–Crippen MR) is 77.0 cm³/mol. The highest BCUT2D eigenvalue weighted by atomic mass is 15.2. The summed E-state index contributed by atoms with van der Waals surface area (Å²) in [5, 5.41) is 0. The van der Waals surface area contributed by atoms with Crippen LogP contribution in [0.15, 0.2) is 24.3 Å². The molecule has 2 rings (SSSR count). The zero-order chi connectivity index (χ0) is 13.2. The zero-order valence-electron chi connectivity index (χ0n) is 11.9. The van der Waals surface area contributed by atoms with E-state index in [1.165, 1.54) is 36.8 Å². The fraction of sp³-hybridized carbons (Fsp3) is 0.625. The average molecular weight is 246 g/mol. The molecule has 0 radical (unpaired) electrons. The summed E-state index contributed by atoms with van der Waals surface area (Å²) >= 11 is 0. The summed E-state index contributed by atoms with van der Waals surface area (Å²) in [7, 11) is 0. The van der Waals surface area contributed by atoms with Crippen LogP contribution in [-0.2, 0) is 0 Å². The standard InChI is InChI=1S/C16H26N2/c1-12-7-6-8-13(11-12)15(18-17)14-9-4-5-10-16(14,2)3/h6-8,11,14-15,18H,4-5,9-10,17H2,1-3H3. The Balaban J connectivity index is 2.27. The fourth-order valence-corrected chi connectivity index (χ4v) is 3.45. The van der Waals surface area contributed by atoms with Crippen LogP contribution in [0, 0.1) is 18.3 Å². The lowest BCUT2D eigenvalue weighted by molar-refractivity contribution is 0.0982. The zero-order valence-corrected chi connectivity index (χ0v) is 11.9. The number of nitrogens with two attached hydrogens (primary N) is 1. The van der Waals surface area contributed by atoms with Gasteiger partial charge in [-0.1, -0.05) is 56.5 Å². The molecule has 2 heteroatoms. The summed E-state index contributed by atoms with van der Waals surface area (Å²) in [4.78, 5) is 0. The minimum atomic E-state index is 0.278. The molecule has 2 nitrogen and oxygen atoms in total. The van der Waals surface area contributed by atoms with E-state index in [4.69, 9.17) is 5.84 Å². The molecule has 0 aromatic heterocycles. The van der Waals surface area contributed by atoms with Gasteiger partial charge in [0.1, 0.15) is 0 Å². The molecular weight excluding hydrogens is 220 g/mol. The SMILES string of the molecule is Cc1cccc(C(NN)C2CCCCC2(C)C)c1. The molecule has 1 aromatic rings. The van der Waals surface area contributed by atoms with Gasteiger partial charge in [-0.15, -0.1) is 0 Å². The highest BCUT2D eigenvalue weighted by Crippen LogP contribution is 2.46. The summed E-state index contributed by atoms with van der Waals surface area (Å²) in [5.74, 6) is 6.48. The molecule has 0 aliphatic heterocycles. The van der Waals surface area contributed by atoms with E-state index >= 15 is 0 Å². The maximum absolute atomic E-state index is 5.86. The number of hydrogen-bond acceptors (Lipinski definition) is 2. The Morgan fingerprint density at radius 2 is 2.11 bits per heavy atom. The van der Waals surface area contributed by atoms with Crippen molar-refractivity contribution in [3.8, 4) is 0 Å². The van der Waals surface area contributed by atoms with E-state index in [-0.39, 0.29) is 6.04 Å². The highest BCUT2D eigenvalue weighted by Gasteiger charge is 2.37. The smallest absolute Gasteiger partial charge is 0.0493 e. The molecule has 3 N–H and O–H groups in total. The van der Waals surface area contributed by atoms with Gasteiger partial charge in [0.05, 0.1) is 0 Å². The van der Waals surface area contributed by atoms with Crippen LogP contribution >= 0.6 is 0 Å². The molecule has 1 aliphatic carbocycles. The van der Waals surface area contributed by atoms with Crippen molar-refractivity contribution in [2.75, 3.05) is 0 Å². The summed E-state index contributed by atoms with van der Waals surface area (Å²) in [6.45, 7) is 6.91. The molecule has 1 aromatic carbocycles. The number of nitrogens with one attached hydrogen (secondary N) is 1. The Morgan fingerprint density at radius 1 is 1.33 bits per heavy atom. The molecule has 1 saturated carbocycles. The number of benzene rings is 1. The maximum Gasteiger partial charge on any atom is 0.0493 e. The van der Waals surface area contributed by atoms with Crippen LogP contribution < -0.4 is 11.3 Å². The quantitative estimate of drug-likeness (QED) is 0.630. The molecule has 0 spiro atoms. The van der Waals surface area contributed by atoms with E-state index in [0.29, 0.717) is 11.3 Å². The first kappa shape index (κ1) is 13.6. The van der Waals surface area contributed by atoms with Crippen molar-refractivity contribution in [1.29, 1.82) is 0 Å². The monoisotopic (exact) mass is 246 g/mol. The Labute approximate surface area is 111 Å². The normalized spacial score (nSPS) is 24.8. The number of hydrazine groups is 1. The molecule has 1 fully saturated rings. The van der Waals surface area contributed by atoms with E-state index in [1.54, 1.807) is 0 Å². The van der Waals surface area contributed by atoms with Gasteiger partial charge in [0.25, 0.3) is 0 Å². The highest BCUT2D eigenvalue weighted by molar-refractivity contribution is 5.26. The molecule has 2 unspecified atom stereocenters. The van der Waals surface area contributed by atoms with Crippen LogP contribution in [0.2, 0.25) is 0 Å². The van der Waals surface area contributed by atoms with Gasteiger partial charge in [-0.3, -0.25) is 11.3 Å². The lowest BCUT2D eigenvalue weighted by Gasteiger charge is -2.43. The number of rotatable bonds is 3. The van der Waals surface area contributed by atoms with Crippen LogP contribution in [0.5, 0.6) is 0 Å². The minimum absolute atomic E-state index is 0.278. The lowest BCUT2D eigenvalue weighted by atomic mass is 9.65. The predicted octanol–water partition coefficient (Wildman–Crippen LogP) is 3.72. The Hall–Kier alpha value is -0.860.